The van der Waals surface area contributed by atoms with Crippen LogP contribution in [0.5, 0.6) is 11.5 Å². The van der Waals surface area contributed by atoms with Gasteiger partial charge >= 0.3 is 0 Å². The van der Waals surface area contributed by atoms with Crippen molar-refractivity contribution in [1.82, 2.24) is 4.31 Å². The van der Waals surface area contributed by atoms with Gasteiger partial charge in [-0.2, -0.15) is 0 Å². The fourth-order valence-electron chi connectivity index (χ4n) is 3.98. The minimum Gasteiger partial charge on any atom is -0.488 e. The van der Waals surface area contributed by atoms with Crippen LogP contribution in [0.2, 0.25) is 5.02 Å². The number of carbonyl (C=O) groups excluding carboxylic acids is 1. The van der Waals surface area contributed by atoms with Crippen LogP contribution in [-0.4, -0.2) is 32.2 Å². The smallest absolute Gasteiger partial charge is 0.259 e. The predicted molar refractivity (Wildman–Crippen MR) is 158 cm³/mol. The average molecular weight is 579 g/mol. The second kappa shape index (κ2) is 13.5. The van der Waals surface area contributed by atoms with Gasteiger partial charge in [-0.15, -0.1) is 0 Å². The number of hydrogen-bond acceptors (Lipinski definition) is 5. The molecule has 0 aromatic heterocycles. The number of rotatable bonds is 12. The van der Waals surface area contributed by atoms with Crippen molar-refractivity contribution < 1.29 is 22.7 Å². The molecule has 9 heteroatoms. The molecule has 40 heavy (non-hydrogen) atoms. The molecule has 1 amide bonds. The molecular weight excluding hydrogens is 548 g/mol. The topological polar surface area (TPSA) is 84.9 Å². The third-order valence-electron chi connectivity index (χ3n) is 6.11. The molecule has 4 aromatic carbocycles. The zero-order valence-corrected chi connectivity index (χ0v) is 23.9. The summed E-state index contributed by atoms with van der Waals surface area (Å²) in [7, 11) is -2.51. The zero-order valence-electron chi connectivity index (χ0n) is 22.3. The van der Waals surface area contributed by atoms with E-state index in [4.69, 9.17) is 21.1 Å². The predicted octanol–water partition coefficient (Wildman–Crippen LogP) is 6.78. The largest absolute Gasteiger partial charge is 0.488 e. The molecule has 0 spiro atoms. The van der Waals surface area contributed by atoms with E-state index in [1.54, 1.807) is 24.3 Å². The number of amides is 1. The molecule has 0 bridgehead atoms. The molecule has 0 unspecified atom stereocenters. The Hall–Kier alpha value is -3.85. The Morgan fingerprint density at radius 3 is 1.95 bits per heavy atom. The molecule has 1 N–H and O–H groups in total. The van der Waals surface area contributed by atoms with Crippen molar-refractivity contribution in [2.75, 3.05) is 18.9 Å². The van der Waals surface area contributed by atoms with E-state index < -0.39 is 15.9 Å². The van der Waals surface area contributed by atoms with E-state index in [-0.39, 0.29) is 35.2 Å². The fraction of sp³-hybridized carbons (Fsp3) is 0.194. The molecule has 0 heterocycles. The maximum atomic E-state index is 13.7. The highest BCUT2D eigenvalue weighted by atomic mass is 35.5. The van der Waals surface area contributed by atoms with Crippen molar-refractivity contribution in [3.63, 3.8) is 0 Å². The summed E-state index contributed by atoms with van der Waals surface area (Å²) in [5, 5.41) is 3.12. The molecule has 0 fully saturated rings. The summed E-state index contributed by atoms with van der Waals surface area (Å²) in [6, 6.07) is 28.5. The van der Waals surface area contributed by atoms with Crippen molar-refractivity contribution in [2.24, 2.45) is 0 Å². The Labute approximate surface area is 240 Å². The van der Waals surface area contributed by atoms with E-state index in [1.807, 2.05) is 67.6 Å². The molecule has 0 radical (unpaired) electrons. The quantitative estimate of drug-likeness (QED) is 0.200. The van der Waals surface area contributed by atoms with Gasteiger partial charge in [0.15, 0.2) is 0 Å². The molecule has 0 saturated heterocycles. The van der Waals surface area contributed by atoms with E-state index >= 15 is 0 Å². The Kier molecular flexibility index (Phi) is 9.82. The summed E-state index contributed by atoms with van der Waals surface area (Å²) in [4.78, 5) is 13.4. The second-order valence-corrected chi connectivity index (χ2v) is 11.5. The Morgan fingerprint density at radius 1 is 0.825 bits per heavy atom. The van der Waals surface area contributed by atoms with E-state index in [9.17, 15) is 13.2 Å². The lowest BCUT2D eigenvalue weighted by atomic mass is 10.1. The molecule has 0 atom stereocenters. The highest BCUT2D eigenvalue weighted by molar-refractivity contribution is 7.89. The number of anilines is 1. The van der Waals surface area contributed by atoms with Crippen LogP contribution in [0.4, 0.5) is 5.69 Å². The lowest BCUT2D eigenvalue weighted by Crippen LogP contribution is -2.28. The van der Waals surface area contributed by atoms with E-state index in [0.29, 0.717) is 23.7 Å². The fourth-order valence-corrected chi connectivity index (χ4v) is 5.56. The minimum absolute atomic E-state index is 0.0337. The number of carbonyl (C=O) groups is 1. The summed E-state index contributed by atoms with van der Waals surface area (Å²) in [5.74, 6) is -0.307. The number of ether oxygens (including phenoxy) is 2. The van der Waals surface area contributed by atoms with Gasteiger partial charge in [0.1, 0.15) is 29.6 Å². The Balaban J connectivity index is 1.80. The van der Waals surface area contributed by atoms with Crippen molar-refractivity contribution in [3.05, 3.63) is 119 Å². The van der Waals surface area contributed by atoms with Crippen molar-refractivity contribution in [1.29, 1.82) is 0 Å². The Morgan fingerprint density at radius 2 is 1.38 bits per heavy atom. The lowest BCUT2D eigenvalue weighted by Gasteiger charge is -2.21. The summed E-state index contributed by atoms with van der Waals surface area (Å²) in [6.07, 6.45) is 0.619. The van der Waals surface area contributed by atoms with Crippen LogP contribution in [-0.2, 0) is 23.2 Å². The van der Waals surface area contributed by atoms with Crippen LogP contribution in [0.3, 0.4) is 0 Å². The van der Waals surface area contributed by atoms with E-state index in [0.717, 1.165) is 11.1 Å². The number of sulfonamides is 1. The first-order chi connectivity index (χ1) is 19.3. The molecule has 4 aromatic rings. The third kappa shape index (κ3) is 7.21. The van der Waals surface area contributed by atoms with E-state index in [1.165, 1.54) is 23.5 Å². The highest BCUT2D eigenvalue weighted by Gasteiger charge is 2.29. The maximum Gasteiger partial charge on any atom is 0.259 e. The standard InChI is InChI=1S/C31H31ClN2O5S/c1-3-18-34(2)40(36,37)30-19-25(31(35)33-27-17-11-10-16-26(27)32)28(38-21-23-12-6-4-7-13-23)20-29(30)39-22-24-14-8-5-9-15-24/h4-17,19-20H,3,18,21-22H2,1-2H3,(H,33,35). The number of para-hydroxylation sites is 1. The molecule has 4 rings (SSSR count). The van der Waals surface area contributed by atoms with Crippen LogP contribution < -0.4 is 14.8 Å². The molecular formula is C31H31ClN2O5S. The monoisotopic (exact) mass is 578 g/mol. The van der Waals surface area contributed by atoms with Crippen molar-refractivity contribution in [2.45, 2.75) is 31.5 Å². The number of hydrogen-bond donors (Lipinski definition) is 1. The second-order valence-electron chi connectivity index (χ2n) is 9.10. The average Bonchev–Trinajstić information content (AvgIpc) is 2.97. The van der Waals surface area contributed by atoms with E-state index in [2.05, 4.69) is 5.32 Å². The summed E-state index contributed by atoms with van der Waals surface area (Å²) in [5.41, 5.74) is 2.16. The van der Waals surface area contributed by atoms with Crippen LogP contribution in [0.25, 0.3) is 0 Å². The maximum absolute atomic E-state index is 13.7. The minimum atomic E-state index is -4.01. The number of benzene rings is 4. The highest BCUT2D eigenvalue weighted by Crippen LogP contribution is 2.36. The molecule has 7 nitrogen and oxygen atoms in total. The summed E-state index contributed by atoms with van der Waals surface area (Å²) in [6.45, 7) is 2.48. The van der Waals surface area contributed by atoms with Crippen molar-refractivity contribution in [3.8, 4) is 11.5 Å². The normalized spacial score (nSPS) is 11.3. The van der Waals surface area contributed by atoms with Gasteiger partial charge in [0.2, 0.25) is 10.0 Å². The van der Waals surface area contributed by atoms with Gasteiger partial charge in [-0.05, 0) is 35.7 Å². The van der Waals surface area contributed by atoms with Gasteiger partial charge in [0.05, 0.1) is 16.3 Å². The molecule has 0 aliphatic carbocycles. The van der Waals surface area contributed by atoms with Crippen LogP contribution >= 0.6 is 11.6 Å². The molecule has 0 aliphatic rings. The van der Waals surface area contributed by atoms with Gasteiger partial charge in [-0.3, -0.25) is 4.79 Å². The van der Waals surface area contributed by atoms with Gasteiger partial charge in [-0.25, -0.2) is 12.7 Å². The number of nitrogens with zero attached hydrogens (tertiary/aromatic N) is 1. The molecule has 0 aliphatic heterocycles. The Bertz CT molecular complexity index is 1550. The van der Waals surface area contributed by atoms with Crippen LogP contribution in [0.1, 0.15) is 34.8 Å². The first-order valence-corrected chi connectivity index (χ1v) is 14.6. The summed E-state index contributed by atoms with van der Waals surface area (Å²) >= 11 is 6.27. The SMILES string of the molecule is CCCN(C)S(=O)(=O)c1cc(C(=O)Nc2ccccc2Cl)c(OCc2ccccc2)cc1OCc1ccccc1. The number of halogens is 1. The molecule has 0 saturated carbocycles. The zero-order chi connectivity index (χ0) is 28.5. The first-order valence-electron chi connectivity index (χ1n) is 12.8. The summed E-state index contributed by atoms with van der Waals surface area (Å²) < 4.78 is 40.8. The number of nitrogens with one attached hydrogen (secondary N) is 1. The van der Waals surface area contributed by atoms with Gasteiger partial charge < -0.3 is 14.8 Å². The lowest BCUT2D eigenvalue weighted by molar-refractivity contribution is 0.102. The third-order valence-corrected chi connectivity index (χ3v) is 8.32. The first kappa shape index (κ1) is 29.1. The van der Waals surface area contributed by atoms with Gasteiger partial charge in [-0.1, -0.05) is 91.3 Å². The molecule has 208 valence electrons. The van der Waals surface area contributed by atoms with Gasteiger partial charge in [0.25, 0.3) is 5.91 Å². The van der Waals surface area contributed by atoms with Gasteiger partial charge in [0, 0.05) is 19.7 Å². The van der Waals surface area contributed by atoms with Crippen molar-refractivity contribution >= 4 is 33.2 Å². The van der Waals surface area contributed by atoms with Crippen LogP contribution in [0.15, 0.2) is 102 Å². The van der Waals surface area contributed by atoms with Crippen LogP contribution in [0, 0.1) is 0 Å².